The molecular formula is C19H27N3O3S. The predicted octanol–water partition coefficient (Wildman–Crippen LogP) is 2.19. The van der Waals surface area contributed by atoms with Gasteiger partial charge in [0.2, 0.25) is 15.9 Å². The highest BCUT2D eigenvalue weighted by molar-refractivity contribution is 7.89. The molecule has 1 amide bonds. The van der Waals surface area contributed by atoms with E-state index in [4.69, 9.17) is 5.73 Å². The fraction of sp³-hybridized carbons (Fsp3) is 0.526. The van der Waals surface area contributed by atoms with Crippen molar-refractivity contribution < 1.29 is 13.2 Å². The van der Waals surface area contributed by atoms with Gasteiger partial charge in [-0.1, -0.05) is 50.3 Å². The monoisotopic (exact) mass is 377 g/mol. The Hall–Kier alpha value is -1.86. The number of hydrogen-bond donors (Lipinski definition) is 2. The van der Waals surface area contributed by atoms with Gasteiger partial charge in [-0.2, -0.15) is 0 Å². The SMILES string of the molecule is CN1C(=O)C(CNS(=O)(=O)c2ccccc2)(CC2CCCCC2)C=C1N. The van der Waals surface area contributed by atoms with Crippen molar-refractivity contribution in [3.05, 3.63) is 42.2 Å². The Labute approximate surface area is 155 Å². The summed E-state index contributed by atoms with van der Waals surface area (Å²) in [5.74, 6) is 0.686. The second-order valence-electron chi connectivity index (χ2n) is 7.44. The first kappa shape index (κ1) is 18.9. The lowest BCUT2D eigenvalue weighted by Gasteiger charge is -2.32. The molecule has 2 aliphatic rings. The second kappa shape index (κ2) is 7.40. The summed E-state index contributed by atoms with van der Waals surface area (Å²) >= 11 is 0. The number of nitrogens with zero attached hydrogens (tertiary/aromatic N) is 1. The van der Waals surface area contributed by atoms with E-state index >= 15 is 0 Å². The van der Waals surface area contributed by atoms with Crippen LogP contribution in [0.3, 0.4) is 0 Å². The number of carbonyl (C=O) groups excluding carboxylic acids is 1. The third-order valence-corrected chi connectivity index (χ3v) is 6.97. The van der Waals surface area contributed by atoms with E-state index in [1.54, 1.807) is 43.5 Å². The molecule has 1 heterocycles. The molecule has 0 aromatic heterocycles. The molecule has 0 saturated heterocycles. The van der Waals surface area contributed by atoms with Gasteiger partial charge in [0.1, 0.15) is 5.82 Å². The average Bonchev–Trinajstić information content (AvgIpc) is 2.86. The van der Waals surface area contributed by atoms with E-state index in [9.17, 15) is 13.2 Å². The third-order valence-electron chi connectivity index (χ3n) is 5.55. The summed E-state index contributed by atoms with van der Waals surface area (Å²) in [5, 5.41) is 0. The third kappa shape index (κ3) is 3.78. The zero-order valence-corrected chi connectivity index (χ0v) is 16.0. The van der Waals surface area contributed by atoms with Crippen molar-refractivity contribution >= 4 is 15.9 Å². The van der Waals surface area contributed by atoms with Crippen LogP contribution in [0.1, 0.15) is 38.5 Å². The van der Waals surface area contributed by atoms with Crippen LogP contribution in [-0.4, -0.2) is 32.8 Å². The van der Waals surface area contributed by atoms with Crippen LogP contribution in [0.25, 0.3) is 0 Å². The topological polar surface area (TPSA) is 92.5 Å². The van der Waals surface area contributed by atoms with E-state index in [2.05, 4.69) is 4.72 Å². The van der Waals surface area contributed by atoms with Gasteiger partial charge in [-0.15, -0.1) is 0 Å². The lowest BCUT2D eigenvalue weighted by Crippen LogP contribution is -2.45. The minimum Gasteiger partial charge on any atom is -0.385 e. The van der Waals surface area contributed by atoms with Crippen molar-refractivity contribution in [1.82, 2.24) is 9.62 Å². The Bertz CT molecular complexity index is 786. The molecule has 1 aromatic carbocycles. The van der Waals surface area contributed by atoms with Crippen LogP contribution in [0, 0.1) is 11.3 Å². The second-order valence-corrected chi connectivity index (χ2v) is 9.20. The summed E-state index contributed by atoms with van der Waals surface area (Å²) in [5.41, 5.74) is 5.09. The molecule has 0 radical (unpaired) electrons. The van der Waals surface area contributed by atoms with Gasteiger partial charge < -0.3 is 10.6 Å². The van der Waals surface area contributed by atoms with Crippen LogP contribution >= 0.6 is 0 Å². The quantitative estimate of drug-likeness (QED) is 0.795. The minimum atomic E-state index is -3.68. The molecule has 26 heavy (non-hydrogen) atoms. The number of rotatable bonds is 6. The lowest BCUT2D eigenvalue weighted by atomic mass is 9.74. The Morgan fingerprint density at radius 1 is 1.19 bits per heavy atom. The van der Waals surface area contributed by atoms with Crippen LogP contribution in [0.15, 0.2) is 47.1 Å². The number of sulfonamides is 1. The molecule has 1 saturated carbocycles. The summed E-state index contributed by atoms with van der Waals surface area (Å²) in [6.45, 7) is 0.0323. The smallest absolute Gasteiger partial charge is 0.240 e. The van der Waals surface area contributed by atoms with Gasteiger partial charge in [0, 0.05) is 13.6 Å². The lowest BCUT2D eigenvalue weighted by molar-refractivity contribution is -0.134. The zero-order valence-electron chi connectivity index (χ0n) is 15.1. The van der Waals surface area contributed by atoms with Gasteiger partial charge in [-0.05, 0) is 30.5 Å². The zero-order chi connectivity index (χ0) is 18.8. The highest BCUT2D eigenvalue weighted by atomic mass is 32.2. The number of nitrogens with one attached hydrogen (secondary N) is 1. The fourth-order valence-electron chi connectivity index (χ4n) is 4.05. The highest BCUT2D eigenvalue weighted by Gasteiger charge is 2.46. The molecule has 6 nitrogen and oxygen atoms in total. The molecule has 3 N–H and O–H groups in total. The molecule has 1 aliphatic carbocycles. The maximum Gasteiger partial charge on any atom is 0.240 e. The normalized spacial score (nSPS) is 24.7. The van der Waals surface area contributed by atoms with E-state index in [0.29, 0.717) is 18.2 Å². The van der Waals surface area contributed by atoms with E-state index < -0.39 is 15.4 Å². The van der Waals surface area contributed by atoms with Crippen molar-refractivity contribution in [2.75, 3.05) is 13.6 Å². The van der Waals surface area contributed by atoms with E-state index in [1.807, 2.05) is 0 Å². The average molecular weight is 378 g/mol. The van der Waals surface area contributed by atoms with Crippen molar-refractivity contribution in [2.45, 2.75) is 43.4 Å². The molecule has 1 fully saturated rings. The van der Waals surface area contributed by atoms with Gasteiger partial charge in [-0.25, -0.2) is 13.1 Å². The van der Waals surface area contributed by atoms with Crippen LogP contribution < -0.4 is 10.5 Å². The Balaban J connectivity index is 1.82. The van der Waals surface area contributed by atoms with Crippen molar-refractivity contribution in [1.29, 1.82) is 0 Å². The minimum absolute atomic E-state index is 0.0323. The van der Waals surface area contributed by atoms with Gasteiger partial charge >= 0.3 is 0 Å². The van der Waals surface area contributed by atoms with Gasteiger partial charge in [0.05, 0.1) is 10.3 Å². The number of benzene rings is 1. The molecule has 0 spiro atoms. The Morgan fingerprint density at radius 3 is 2.42 bits per heavy atom. The number of nitrogens with two attached hydrogens (primary N) is 1. The first-order valence-electron chi connectivity index (χ1n) is 9.15. The largest absolute Gasteiger partial charge is 0.385 e. The molecule has 1 unspecified atom stereocenters. The number of carbonyl (C=O) groups is 1. The fourth-order valence-corrected chi connectivity index (χ4v) is 5.18. The predicted molar refractivity (Wildman–Crippen MR) is 100 cm³/mol. The first-order chi connectivity index (χ1) is 12.3. The summed E-state index contributed by atoms with van der Waals surface area (Å²) in [4.78, 5) is 14.6. The molecule has 7 heteroatoms. The van der Waals surface area contributed by atoms with Crippen molar-refractivity contribution in [3.63, 3.8) is 0 Å². The van der Waals surface area contributed by atoms with Crippen molar-refractivity contribution in [2.24, 2.45) is 17.1 Å². The molecule has 142 valence electrons. The van der Waals surface area contributed by atoms with Crippen LogP contribution in [0.5, 0.6) is 0 Å². The number of amides is 1. The Kier molecular flexibility index (Phi) is 5.39. The van der Waals surface area contributed by atoms with Gasteiger partial charge in [0.25, 0.3) is 0 Å². The summed E-state index contributed by atoms with van der Waals surface area (Å²) in [6, 6.07) is 8.21. The van der Waals surface area contributed by atoms with Gasteiger partial charge in [-0.3, -0.25) is 4.79 Å². The molecular weight excluding hydrogens is 350 g/mol. The van der Waals surface area contributed by atoms with Crippen LogP contribution in [0.2, 0.25) is 0 Å². The number of hydrogen-bond acceptors (Lipinski definition) is 4. The maximum absolute atomic E-state index is 12.9. The Morgan fingerprint density at radius 2 is 1.85 bits per heavy atom. The summed E-state index contributed by atoms with van der Waals surface area (Å²) < 4.78 is 27.9. The molecule has 1 aromatic rings. The van der Waals surface area contributed by atoms with Crippen molar-refractivity contribution in [3.8, 4) is 0 Å². The first-order valence-corrected chi connectivity index (χ1v) is 10.6. The van der Waals surface area contributed by atoms with Crippen LogP contribution in [-0.2, 0) is 14.8 Å². The van der Waals surface area contributed by atoms with E-state index in [-0.39, 0.29) is 17.3 Å². The standard InChI is InChI=1S/C19H27N3O3S/c1-22-17(20)13-19(18(22)23,12-15-8-4-2-5-9-15)14-21-26(24,25)16-10-6-3-7-11-16/h3,6-7,10-11,13,15,21H,2,4-5,8-9,12,14,20H2,1H3. The molecule has 1 atom stereocenters. The van der Waals surface area contributed by atoms with E-state index in [1.165, 1.54) is 24.2 Å². The van der Waals surface area contributed by atoms with Crippen LogP contribution in [0.4, 0.5) is 0 Å². The molecule has 0 bridgehead atoms. The molecule has 1 aliphatic heterocycles. The van der Waals surface area contributed by atoms with Gasteiger partial charge in [0.15, 0.2) is 0 Å². The van der Waals surface area contributed by atoms with E-state index in [0.717, 1.165) is 12.8 Å². The molecule has 3 rings (SSSR count). The summed E-state index contributed by atoms with van der Waals surface area (Å²) in [7, 11) is -2.03. The maximum atomic E-state index is 12.9. The summed E-state index contributed by atoms with van der Waals surface area (Å²) in [6.07, 6.45) is 8.11. The highest BCUT2D eigenvalue weighted by Crippen LogP contribution is 2.40.